The number of H-pyrrole nitrogens is 1. The van der Waals surface area contributed by atoms with Gasteiger partial charge in [0.05, 0.1) is 0 Å². The summed E-state index contributed by atoms with van der Waals surface area (Å²) in [5.41, 5.74) is 0.792. The molecule has 1 heterocycles. The Morgan fingerprint density at radius 2 is 2.00 bits per heavy atom. The molecular weight excluding hydrogens is 254 g/mol. The smallest absolute Gasteiger partial charge is 0.287 e. The third kappa shape index (κ3) is 4.12. The van der Waals surface area contributed by atoms with E-state index in [1.54, 1.807) is 12.4 Å². The highest BCUT2D eigenvalue weighted by Gasteiger charge is 2.11. The van der Waals surface area contributed by atoms with Crippen LogP contribution in [0.5, 0.6) is 5.75 Å². The summed E-state index contributed by atoms with van der Waals surface area (Å²) < 4.78 is 5.74. The maximum atomic E-state index is 11.7. The van der Waals surface area contributed by atoms with Gasteiger partial charge in [-0.1, -0.05) is 12.1 Å². The summed E-state index contributed by atoms with van der Waals surface area (Å²) in [6, 6.07) is 7.67. The van der Waals surface area contributed by atoms with Gasteiger partial charge in [-0.3, -0.25) is 4.79 Å². The topological polar surface area (TPSA) is 67.0 Å². The Kier molecular flexibility index (Phi) is 4.08. The van der Waals surface area contributed by atoms with Crippen LogP contribution in [-0.4, -0.2) is 21.5 Å². The molecule has 2 rings (SSSR count). The number of aromatic nitrogens is 2. The molecule has 0 bridgehead atoms. The second-order valence-electron chi connectivity index (χ2n) is 5.48. The van der Waals surface area contributed by atoms with E-state index in [4.69, 9.17) is 4.74 Å². The second kappa shape index (κ2) is 5.77. The number of benzene rings is 1. The molecule has 1 aromatic carbocycles. The van der Waals surface area contributed by atoms with Crippen LogP contribution in [0, 0.1) is 0 Å². The van der Waals surface area contributed by atoms with Crippen molar-refractivity contribution in [2.45, 2.75) is 32.9 Å². The molecule has 0 aliphatic heterocycles. The molecule has 0 fully saturated rings. The molecule has 0 aliphatic carbocycles. The quantitative estimate of drug-likeness (QED) is 0.899. The van der Waals surface area contributed by atoms with Gasteiger partial charge in [0.1, 0.15) is 11.4 Å². The van der Waals surface area contributed by atoms with Crippen LogP contribution >= 0.6 is 0 Å². The molecule has 0 spiro atoms. The van der Waals surface area contributed by atoms with Gasteiger partial charge in [0, 0.05) is 18.9 Å². The number of nitrogens with one attached hydrogen (secondary N) is 2. The van der Waals surface area contributed by atoms with Gasteiger partial charge in [-0.2, -0.15) is 0 Å². The highest BCUT2D eigenvalue weighted by Crippen LogP contribution is 2.18. The molecule has 5 nitrogen and oxygen atoms in total. The summed E-state index contributed by atoms with van der Waals surface area (Å²) in [4.78, 5) is 18.4. The average Bonchev–Trinajstić information content (AvgIpc) is 2.89. The lowest BCUT2D eigenvalue weighted by molar-refractivity contribution is 0.0941. The largest absolute Gasteiger partial charge is 0.488 e. The first-order valence-corrected chi connectivity index (χ1v) is 6.49. The van der Waals surface area contributed by atoms with Gasteiger partial charge >= 0.3 is 0 Å². The van der Waals surface area contributed by atoms with E-state index in [0.717, 1.165) is 11.3 Å². The first kappa shape index (κ1) is 14.1. The van der Waals surface area contributed by atoms with Gasteiger partial charge in [-0.25, -0.2) is 4.98 Å². The summed E-state index contributed by atoms with van der Waals surface area (Å²) in [6.07, 6.45) is 3.17. The maximum Gasteiger partial charge on any atom is 0.287 e. The lowest BCUT2D eigenvalue weighted by Crippen LogP contribution is -2.24. The fourth-order valence-corrected chi connectivity index (χ4v) is 1.68. The molecule has 0 saturated carbocycles. The summed E-state index contributed by atoms with van der Waals surface area (Å²) in [6.45, 7) is 6.47. The molecule has 5 heteroatoms. The number of aromatic amines is 1. The maximum absolute atomic E-state index is 11.7. The Bertz CT molecular complexity index is 554. The fourth-order valence-electron chi connectivity index (χ4n) is 1.68. The van der Waals surface area contributed by atoms with E-state index in [0.29, 0.717) is 12.4 Å². The minimum absolute atomic E-state index is 0.213. The molecule has 0 saturated heterocycles. The van der Waals surface area contributed by atoms with Crippen LogP contribution in [0.2, 0.25) is 0 Å². The monoisotopic (exact) mass is 273 g/mol. The molecule has 106 valence electrons. The van der Waals surface area contributed by atoms with E-state index in [2.05, 4.69) is 15.3 Å². The summed E-state index contributed by atoms with van der Waals surface area (Å²) in [5.74, 6) is 0.918. The fraction of sp³-hybridized carbons (Fsp3) is 0.333. The molecule has 20 heavy (non-hydrogen) atoms. The van der Waals surface area contributed by atoms with Gasteiger partial charge in [-0.15, -0.1) is 0 Å². The SMILES string of the molecule is CC(C)(C)Oc1ccc(CNC(=O)c2ncc[nH]2)cc1. The summed E-state index contributed by atoms with van der Waals surface area (Å²) in [7, 11) is 0. The number of hydrogen-bond acceptors (Lipinski definition) is 3. The van der Waals surface area contributed by atoms with Gasteiger partial charge in [0.25, 0.3) is 5.91 Å². The minimum Gasteiger partial charge on any atom is -0.488 e. The lowest BCUT2D eigenvalue weighted by atomic mass is 10.1. The summed E-state index contributed by atoms with van der Waals surface area (Å²) in [5, 5.41) is 2.80. The number of rotatable bonds is 4. The number of carbonyl (C=O) groups is 1. The molecule has 0 atom stereocenters. The average molecular weight is 273 g/mol. The van der Waals surface area contributed by atoms with Crippen molar-refractivity contribution in [2.75, 3.05) is 0 Å². The van der Waals surface area contributed by atoms with Crippen LogP contribution in [0.3, 0.4) is 0 Å². The number of carbonyl (C=O) groups excluding carboxylic acids is 1. The zero-order valence-corrected chi connectivity index (χ0v) is 11.9. The van der Waals surface area contributed by atoms with Gasteiger partial charge in [0.2, 0.25) is 0 Å². The van der Waals surface area contributed by atoms with E-state index < -0.39 is 0 Å². The molecule has 0 unspecified atom stereocenters. The first-order chi connectivity index (χ1) is 9.44. The van der Waals surface area contributed by atoms with Crippen molar-refractivity contribution < 1.29 is 9.53 Å². The van der Waals surface area contributed by atoms with E-state index in [9.17, 15) is 4.79 Å². The number of nitrogens with zero attached hydrogens (tertiary/aromatic N) is 1. The number of imidazole rings is 1. The van der Waals surface area contributed by atoms with Gasteiger partial charge in [0.15, 0.2) is 5.82 Å². The predicted octanol–water partition coefficient (Wildman–Crippen LogP) is 2.52. The van der Waals surface area contributed by atoms with Crippen molar-refractivity contribution >= 4 is 5.91 Å². The van der Waals surface area contributed by atoms with E-state index in [-0.39, 0.29) is 11.5 Å². The van der Waals surface area contributed by atoms with Crippen LogP contribution < -0.4 is 10.1 Å². The Balaban J connectivity index is 1.89. The van der Waals surface area contributed by atoms with Crippen molar-refractivity contribution in [1.82, 2.24) is 15.3 Å². The Morgan fingerprint density at radius 1 is 1.30 bits per heavy atom. The van der Waals surface area contributed by atoms with E-state index in [1.165, 1.54) is 0 Å². The molecular formula is C15H19N3O2. The molecule has 2 aromatic rings. The molecule has 0 aliphatic rings. The van der Waals surface area contributed by atoms with Crippen molar-refractivity contribution in [2.24, 2.45) is 0 Å². The zero-order chi connectivity index (χ0) is 14.6. The van der Waals surface area contributed by atoms with Crippen molar-refractivity contribution in [3.63, 3.8) is 0 Å². The van der Waals surface area contributed by atoms with Crippen LogP contribution in [0.1, 0.15) is 37.0 Å². The first-order valence-electron chi connectivity index (χ1n) is 6.49. The number of amides is 1. The number of hydrogen-bond donors (Lipinski definition) is 2. The highest BCUT2D eigenvalue weighted by molar-refractivity contribution is 5.90. The molecule has 1 amide bonds. The van der Waals surface area contributed by atoms with Gasteiger partial charge in [-0.05, 0) is 38.5 Å². The summed E-state index contributed by atoms with van der Waals surface area (Å²) >= 11 is 0. The van der Waals surface area contributed by atoms with Gasteiger partial charge < -0.3 is 15.0 Å². The Morgan fingerprint density at radius 3 is 2.55 bits per heavy atom. The minimum atomic E-state index is -0.218. The van der Waals surface area contributed by atoms with Crippen molar-refractivity contribution in [3.8, 4) is 5.75 Å². The van der Waals surface area contributed by atoms with Crippen molar-refractivity contribution in [1.29, 1.82) is 0 Å². The Hall–Kier alpha value is -2.30. The normalized spacial score (nSPS) is 11.2. The van der Waals surface area contributed by atoms with Crippen LogP contribution in [0.25, 0.3) is 0 Å². The van der Waals surface area contributed by atoms with Crippen molar-refractivity contribution in [3.05, 3.63) is 48.0 Å². The standard InChI is InChI=1S/C15H19N3O2/c1-15(2,3)20-12-6-4-11(5-7-12)10-18-14(19)13-16-8-9-17-13/h4-9H,10H2,1-3H3,(H,16,17)(H,18,19). The third-order valence-corrected chi connectivity index (χ3v) is 2.51. The number of ether oxygens (including phenoxy) is 1. The van der Waals surface area contributed by atoms with Crippen LogP contribution in [0.15, 0.2) is 36.7 Å². The highest BCUT2D eigenvalue weighted by atomic mass is 16.5. The second-order valence-corrected chi connectivity index (χ2v) is 5.48. The molecule has 0 radical (unpaired) electrons. The Labute approximate surface area is 118 Å². The zero-order valence-electron chi connectivity index (χ0n) is 11.9. The van der Waals surface area contributed by atoms with E-state index >= 15 is 0 Å². The predicted molar refractivity (Wildman–Crippen MR) is 76.6 cm³/mol. The lowest BCUT2D eigenvalue weighted by Gasteiger charge is -2.21. The molecule has 1 aromatic heterocycles. The van der Waals surface area contributed by atoms with Crippen LogP contribution in [-0.2, 0) is 6.54 Å². The third-order valence-electron chi connectivity index (χ3n) is 2.51. The van der Waals surface area contributed by atoms with E-state index in [1.807, 2.05) is 45.0 Å². The molecule has 2 N–H and O–H groups in total. The van der Waals surface area contributed by atoms with Crippen LogP contribution in [0.4, 0.5) is 0 Å².